The molecule has 0 radical (unpaired) electrons. The maximum Gasteiger partial charge on any atom is 0.249 e. The molecule has 3 aromatic rings. The maximum atomic E-state index is 12.8. The Hall–Kier alpha value is -3.22. The van der Waals surface area contributed by atoms with Crippen LogP contribution in [0.2, 0.25) is 5.02 Å². The quantitative estimate of drug-likeness (QED) is 0.631. The van der Waals surface area contributed by atoms with Crippen LogP contribution in [0.3, 0.4) is 0 Å². The molecule has 0 bridgehead atoms. The molecule has 1 saturated heterocycles. The molecule has 4 rings (SSSR count). The number of ether oxygens (including phenoxy) is 1. The number of halogens is 1. The van der Waals surface area contributed by atoms with Crippen molar-refractivity contribution in [3.8, 4) is 17.5 Å². The fourth-order valence-electron chi connectivity index (χ4n) is 3.71. The molecule has 2 aromatic heterocycles. The van der Waals surface area contributed by atoms with Crippen LogP contribution in [-0.2, 0) is 22.6 Å². The molecule has 1 atom stereocenters. The second-order valence-corrected chi connectivity index (χ2v) is 7.87. The lowest BCUT2D eigenvalue weighted by atomic mass is 10.2. The van der Waals surface area contributed by atoms with E-state index in [0.717, 1.165) is 30.7 Å². The average molecular weight is 440 g/mol. The molecule has 1 N–H and O–H groups in total. The molecule has 1 aliphatic heterocycles. The largest absolute Gasteiger partial charge is 0.376 e. The van der Waals surface area contributed by atoms with Gasteiger partial charge in [0.25, 0.3) is 0 Å². The molecule has 1 aromatic carbocycles. The number of benzene rings is 1. The van der Waals surface area contributed by atoms with Crippen molar-refractivity contribution in [2.75, 3.05) is 11.9 Å². The van der Waals surface area contributed by atoms with E-state index in [9.17, 15) is 10.1 Å². The Morgan fingerprint density at radius 2 is 2.19 bits per heavy atom. The Labute approximate surface area is 184 Å². The Kier molecular flexibility index (Phi) is 6.02. The number of tetrazole rings is 1. The minimum atomic E-state index is -0.356. The van der Waals surface area contributed by atoms with Crippen molar-refractivity contribution in [3.63, 3.8) is 0 Å². The third-order valence-corrected chi connectivity index (χ3v) is 5.79. The standard InChI is InChI=1S/C21H22ClN7O2/c1-13-14(2)28(11-15-6-5-9-31-15)21(17(13)10-23)24-19(30)12-29-26-20(25-27-29)16-7-3-4-8-18(16)22/h3-4,7-8,15H,5-6,9,11-12H2,1-2H3,(H,24,30). The van der Waals surface area contributed by atoms with Gasteiger partial charge in [-0.3, -0.25) is 4.79 Å². The van der Waals surface area contributed by atoms with Gasteiger partial charge in [0.05, 0.1) is 23.2 Å². The number of hydrogen-bond acceptors (Lipinski definition) is 6. The number of rotatable bonds is 6. The zero-order chi connectivity index (χ0) is 22.0. The molecule has 1 amide bonds. The smallest absolute Gasteiger partial charge is 0.249 e. The van der Waals surface area contributed by atoms with Crippen molar-refractivity contribution in [1.82, 2.24) is 24.8 Å². The molecule has 1 aliphatic rings. The lowest BCUT2D eigenvalue weighted by molar-refractivity contribution is -0.117. The van der Waals surface area contributed by atoms with Crippen molar-refractivity contribution in [2.45, 2.75) is 45.9 Å². The molecule has 160 valence electrons. The molecule has 0 aliphatic carbocycles. The summed E-state index contributed by atoms with van der Waals surface area (Å²) in [6, 6.07) is 9.37. The first-order valence-corrected chi connectivity index (χ1v) is 10.4. The van der Waals surface area contributed by atoms with Crippen molar-refractivity contribution >= 4 is 23.3 Å². The summed E-state index contributed by atoms with van der Waals surface area (Å²) in [6.45, 7) is 5.00. The Bertz CT molecular complexity index is 1160. The average Bonchev–Trinajstić information content (AvgIpc) is 3.47. The molecule has 3 heterocycles. The first-order valence-electron chi connectivity index (χ1n) is 10.0. The fraction of sp³-hybridized carbons (Fsp3) is 0.381. The molecule has 1 unspecified atom stereocenters. The number of carbonyl (C=O) groups is 1. The van der Waals surface area contributed by atoms with Crippen molar-refractivity contribution in [3.05, 3.63) is 46.1 Å². The van der Waals surface area contributed by atoms with Crippen molar-refractivity contribution in [2.24, 2.45) is 0 Å². The first-order chi connectivity index (χ1) is 15.0. The Balaban J connectivity index is 1.53. The zero-order valence-corrected chi connectivity index (χ0v) is 18.1. The van der Waals surface area contributed by atoms with E-state index in [-0.39, 0.29) is 18.6 Å². The van der Waals surface area contributed by atoms with Gasteiger partial charge in [-0.1, -0.05) is 23.7 Å². The summed E-state index contributed by atoms with van der Waals surface area (Å²) in [4.78, 5) is 14.0. The number of nitrogens with zero attached hydrogens (tertiary/aromatic N) is 6. The number of aromatic nitrogens is 5. The van der Waals surface area contributed by atoms with Crippen LogP contribution in [0.4, 0.5) is 5.82 Å². The Morgan fingerprint density at radius 3 is 2.90 bits per heavy atom. The molecule has 10 heteroatoms. The van der Waals surface area contributed by atoms with E-state index in [4.69, 9.17) is 16.3 Å². The normalized spacial score (nSPS) is 15.7. The van der Waals surface area contributed by atoms with Crippen LogP contribution in [0.25, 0.3) is 11.4 Å². The summed E-state index contributed by atoms with van der Waals surface area (Å²) in [7, 11) is 0. The van der Waals surface area contributed by atoms with Gasteiger partial charge in [-0.05, 0) is 49.6 Å². The monoisotopic (exact) mass is 439 g/mol. The number of hydrogen-bond donors (Lipinski definition) is 1. The molecular formula is C21H22ClN7O2. The van der Waals surface area contributed by atoms with E-state index in [1.54, 1.807) is 12.1 Å². The van der Waals surface area contributed by atoms with Gasteiger partial charge in [-0.25, -0.2) is 0 Å². The van der Waals surface area contributed by atoms with Gasteiger partial charge in [0, 0.05) is 17.9 Å². The zero-order valence-electron chi connectivity index (χ0n) is 17.3. The number of anilines is 1. The van der Waals surface area contributed by atoms with E-state index in [1.165, 1.54) is 4.80 Å². The highest BCUT2D eigenvalue weighted by molar-refractivity contribution is 6.33. The van der Waals surface area contributed by atoms with Crippen molar-refractivity contribution < 1.29 is 9.53 Å². The van der Waals surface area contributed by atoms with Crippen LogP contribution in [0.5, 0.6) is 0 Å². The van der Waals surface area contributed by atoms with E-state index >= 15 is 0 Å². The molecular weight excluding hydrogens is 418 g/mol. The highest BCUT2D eigenvalue weighted by Crippen LogP contribution is 2.28. The van der Waals surface area contributed by atoms with Crippen molar-refractivity contribution in [1.29, 1.82) is 5.26 Å². The van der Waals surface area contributed by atoms with Gasteiger partial charge in [0.2, 0.25) is 11.7 Å². The second kappa shape index (κ2) is 8.88. The lowest BCUT2D eigenvalue weighted by Crippen LogP contribution is -2.24. The van der Waals surface area contributed by atoms with E-state index in [0.29, 0.717) is 34.3 Å². The number of carbonyl (C=O) groups excluding carboxylic acids is 1. The summed E-state index contributed by atoms with van der Waals surface area (Å²) >= 11 is 6.18. The van der Waals surface area contributed by atoms with Crippen LogP contribution < -0.4 is 5.32 Å². The first kappa shape index (κ1) is 21.0. The van der Waals surface area contributed by atoms with Crippen LogP contribution in [0.15, 0.2) is 24.3 Å². The summed E-state index contributed by atoms with van der Waals surface area (Å²) in [5, 5.41) is 25.2. The lowest BCUT2D eigenvalue weighted by Gasteiger charge is -2.16. The molecule has 9 nitrogen and oxygen atoms in total. The highest BCUT2D eigenvalue weighted by atomic mass is 35.5. The fourth-order valence-corrected chi connectivity index (χ4v) is 3.93. The predicted octanol–water partition coefficient (Wildman–Crippen LogP) is 3.10. The molecule has 0 saturated carbocycles. The van der Waals surface area contributed by atoms with Gasteiger partial charge < -0.3 is 14.6 Å². The predicted molar refractivity (Wildman–Crippen MR) is 114 cm³/mol. The van der Waals surface area contributed by atoms with E-state index in [1.807, 2.05) is 30.5 Å². The van der Waals surface area contributed by atoms with E-state index < -0.39 is 0 Å². The van der Waals surface area contributed by atoms with Crippen LogP contribution in [-0.4, -0.2) is 43.4 Å². The minimum Gasteiger partial charge on any atom is -0.376 e. The van der Waals surface area contributed by atoms with Gasteiger partial charge in [0.1, 0.15) is 18.4 Å². The molecule has 31 heavy (non-hydrogen) atoms. The Morgan fingerprint density at radius 1 is 1.39 bits per heavy atom. The van der Waals surface area contributed by atoms with Gasteiger partial charge >= 0.3 is 0 Å². The number of nitriles is 1. The summed E-state index contributed by atoms with van der Waals surface area (Å²) in [5.74, 6) is 0.458. The SMILES string of the molecule is Cc1c(C#N)c(NC(=O)Cn2nnc(-c3ccccc3Cl)n2)n(CC2CCCO2)c1C. The summed E-state index contributed by atoms with van der Waals surface area (Å²) in [6.07, 6.45) is 2.05. The van der Waals surface area contributed by atoms with Gasteiger partial charge in [0.15, 0.2) is 0 Å². The number of nitrogens with one attached hydrogen (secondary N) is 1. The van der Waals surface area contributed by atoms with Crippen LogP contribution in [0.1, 0.15) is 29.7 Å². The maximum absolute atomic E-state index is 12.8. The number of amides is 1. The second-order valence-electron chi connectivity index (χ2n) is 7.46. The van der Waals surface area contributed by atoms with Gasteiger partial charge in [-0.2, -0.15) is 10.1 Å². The third-order valence-electron chi connectivity index (χ3n) is 5.46. The molecule has 1 fully saturated rings. The van der Waals surface area contributed by atoms with Crippen LogP contribution in [0, 0.1) is 25.2 Å². The highest BCUT2D eigenvalue weighted by Gasteiger charge is 2.24. The summed E-state index contributed by atoms with van der Waals surface area (Å²) < 4.78 is 7.70. The topological polar surface area (TPSA) is 111 Å². The van der Waals surface area contributed by atoms with E-state index in [2.05, 4.69) is 26.8 Å². The van der Waals surface area contributed by atoms with Crippen LogP contribution >= 0.6 is 11.6 Å². The third kappa shape index (κ3) is 4.31. The molecule has 0 spiro atoms. The summed E-state index contributed by atoms with van der Waals surface area (Å²) in [5.41, 5.74) is 2.87. The minimum absolute atomic E-state index is 0.0721. The van der Waals surface area contributed by atoms with Gasteiger partial charge in [-0.15, -0.1) is 10.2 Å².